The molecule has 0 radical (unpaired) electrons. The number of benzene rings is 1. The van der Waals surface area contributed by atoms with Crippen molar-refractivity contribution in [3.63, 3.8) is 0 Å². The Hall–Kier alpha value is -2.44. The molecule has 0 aliphatic carbocycles. The summed E-state index contributed by atoms with van der Waals surface area (Å²) < 4.78 is 70.4. The number of sulfonamides is 1. The summed E-state index contributed by atoms with van der Waals surface area (Å²) in [7, 11) is -3.65. The van der Waals surface area contributed by atoms with Crippen molar-refractivity contribution in [1.82, 2.24) is 14.3 Å². The van der Waals surface area contributed by atoms with Crippen molar-refractivity contribution in [3.8, 4) is 0 Å². The van der Waals surface area contributed by atoms with Crippen LogP contribution in [0.2, 0.25) is 0 Å². The van der Waals surface area contributed by atoms with Crippen molar-refractivity contribution in [2.45, 2.75) is 11.9 Å². The van der Waals surface area contributed by atoms with Crippen molar-refractivity contribution < 1.29 is 26.3 Å². The van der Waals surface area contributed by atoms with Crippen molar-refractivity contribution in [1.29, 1.82) is 0 Å². The Morgan fingerprint density at radius 3 is 2.19 bits per heavy atom. The number of morpholine rings is 1. The molecule has 0 bridgehead atoms. The van der Waals surface area contributed by atoms with E-state index in [-0.39, 0.29) is 18.8 Å². The van der Waals surface area contributed by atoms with Gasteiger partial charge in [0, 0.05) is 45.5 Å². The van der Waals surface area contributed by atoms with Gasteiger partial charge in [-0.15, -0.1) is 0 Å². The predicted molar refractivity (Wildman–Crippen MR) is 113 cm³/mol. The SMILES string of the molecule is O=S(=O)(Cc1ccc(C(F)(F)F)cc1)N1CCN(c2ccnc(N3CCOCC3)n2)CC1. The Balaban J connectivity index is 1.36. The van der Waals surface area contributed by atoms with E-state index in [0.717, 1.165) is 31.0 Å². The third-order valence-corrected chi connectivity index (χ3v) is 7.36. The maximum Gasteiger partial charge on any atom is 0.416 e. The largest absolute Gasteiger partial charge is 0.416 e. The van der Waals surface area contributed by atoms with E-state index < -0.39 is 21.8 Å². The van der Waals surface area contributed by atoms with E-state index in [1.807, 2.05) is 4.90 Å². The number of hydrogen-bond acceptors (Lipinski definition) is 7. The lowest BCUT2D eigenvalue weighted by Gasteiger charge is -2.35. The van der Waals surface area contributed by atoms with Gasteiger partial charge in [0.2, 0.25) is 16.0 Å². The Labute approximate surface area is 184 Å². The molecule has 3 heterocycles. The van der Waals surface area contributed by atoms with Gasteiger partial charge in [0.25, 0.3) is 0 Å². The number of nitrogens with zero attached hydrogens (tertiary/aromatic N) is 5. The highest BCUT2D eigenvalue weighted by atomic mass is 32.2. The molecule has 0 N–H and O–H groups in total. The summed E-state index contributed by atoms with van der Waals surface area (Å²) in [5.74, 6) is 1.03. The average molecular weight is 472 g/mol. The quantitative estimate of drug-likeness (QED) is 0.660. The fourth-order valence-electron chi connectivity index (χ4n) is 3.72. The van der Waals surface area contributed by atoms with E-state index in [1.54, 1.807) is 12.3 Å². The Morgan fingerprint density at radius 1 is 0.906 bits per heavy atom. The third kappa shape index (κ3) is 5.30. The van der Waals surface area contributed by atoms with Gasteiger partial charge in [0.1, 0.15) is 5.82 Å². The predicted octanol–water partition coefficient (Wildman–Crippen LogP) is 1.98. The van der Waals surface area contributed by atoms with Gasteiger partial charge >= 0.3 is 6.18 Å². The fourth-order valence-corrected chi connectivity index (χ4v) is 5.23. The van der Waals surface area contributed by atoms with Crippen LogP contribution < -0.4 is 9.80 Å². The first-order valence-corrected chi connectivity index (χ1v) is 11.9. The smallest absolute Gasteiger partial charge is 0.378 e. The van der Waals surface area contributed by atoms with Gasteiger partial charge < -0.3 is 14.5 Å². The van der Waals surface area contributed by atoms with E-state index in [2.05, 4.69) is 14.9 Å². The second-order valence-electron chi connectivity index (χ2n) is 7.65. The van der Waals surface area contributed by atoms with Crippen molar-refractivity contribution in [2.75, 3.05) is 62.3 Å². The number of piperazine rings is 1. The third-order valence-electron chi connectivity index (χ3n) is 5.51. The molecule has 12 heteroatoms. The molecule has 8 nitrogen and oxygen atoms in total. The molecule has 2 fully saturated rings. The molecule has 4 rings (SSSR count). The van der Waals surface area contributed by atoms with Crippen molar-refractivity contribution >= 4 is 21.8 Å². The molecule has 32 heavy (non-hydrogen) atoms. The highest BCUT2D eigenvalue weighted by molar-refractivity contribution is 7.88. The summed E-state index contributed by atoms with van der Waals surface area (Å²) in [4.78, 5) is 13.0. The minimum Gasteiger partial charge on any atom is -0.378 e. The van der Waals surface area contributed by atoms with Crippen molar-refractivity contribution in [2.24, 2.45) is 0 Å². The second kappa shape index (κ2) is 9.20. The second-order valence-corrected chi connectivity index (χ2v) is 9.62. The summed E-state index contributed by atoms with van der Waals surface area (Å²) in [6.07, 6.45) is -2.75. The standard InChI is InChI=1S/C20H24F3N5O3S/c21-20(22,23)17-3-1-16(2-4-17)15-32(29,30)28-9-7-26(8-10-28)18-5-6-24-19(25-18)27-11-13-31-14-12-27/h1-6H,7-15H2. The van der Waals surface area contributed by atoms with Crippen LogP contribution in [0.1, 0.15) is 11.1 Å². The van der Waals surface area contributed by atoms with E-state index >= 15 is 0 Å². The minimum absolute atomic E-state index is 0.278. The highest BCUT2D eigenvalue weighted by Crippen LogP contribution is 2.29. The number of rotatable bonds is 5. The molecule has 0 spiro atoms. The number of aromatic nitrogens is 2. The van der Waals surface area contributed by atoms with E-state index in [1.165, 1.54) is 16.4 Å². The van der Waals surface area contributed by atoms with Crippen LogP contribution in [0.4, 0.5) is 24.9 Å². The zero-order valence-corrected chi connectivity index (χ0v) is 18.1. The van der Waals surface area contributed by atoms with Gasteiger partial charge in [-0.05, 0) is 23.8 Å². The van der Waals surface area contributed by atoms with Gasteiger partial charge in [-0.25, -0.2) is 13.4 Å². The molecule has 2 aliphatic heterocycles. The normalized spacial score (nSPS) is 18.7. The topological polar surface area (TPSA) is 78.9 Å². The number of alkyl halides is 3. The highest BCUT2D eigenvalue weighted by Gasteiger charge is 2.31. The van der Waals surface area contributed by atoms with Gasteiger partial charge in [0.05, 0.1) is 24.5 Å². The van der Waals surface area contributed by atoms with Crippen LogP contribution in [0.25, 0.3) is 0 Å². The minimum atomic E-state index is -4.45. The molecular formula is C20H24F3N5O3S. The lowest BCUT2D eigenvalue weighted by Crippen LogP contribution is -2.49. The Morgan fingerprint density at radius 2 is 1.56 bits per heavy atom. The summed E-state index contributed by atoms with van der Waals surface area (Å²) in [6.45, 7) is 4.18. The summed E-state index contributed by atoms with van der Waals surface area (Å²) in [5.41, 5.74) is -0.472. The molecule has 2 aliphatic rings. The van der Waals surface area contributed by atoms with E-state index in [0.29, 0.717) is 37.8 Å². The number of ether oxygens (including phenoxy) is 1. The summed E-state index contributed by atoms with van der Waals surface area (Å²) in [6, 6.07) is 6.04. The van der Waals surface area contributed by atoms with Crippen LogP contribution in [0.5, 0.6) is 0 Å². The molecule has 0 atom stereocenters. The van der Waals surface area contributed by atoms with Crippen LogP contribution in [-0.2, 0) is 26.7 Å². The first-order valence-electron chi connectivity index (χ1n) is 10.3. The maximum absolute atomic E-state index is 12.8. The molecule has 2 saturated heterocycles. The van der Waals surface area contributed by atoms with Crippen LogP contribution in [0.15, 0.2) is 36.5 Å². The number of anilines is 2. The monoisotopic (exact) mass is 471 g/mol. The molecule has 0 amide bonds. The zero-order chi connectivity index (χ0) is 22.8. The summed E-state index contributed by atoms with van der Waals surface area (Å²) in [5, 5.41) is 0. The lowest BCUT2D eigenvalue weighted by atomic mass is 10.1. The molecular weight excluding hydrogens is 447 g/mol. The number of hydrogen-bond donors (Lipinski definition) is 0. The molecule has 2 aromatic rings. The molecule has 1 aromatic heterocycles. The molecule has 0 saturated carbocycles. The fraction of sp³-hybridized carbons (Fsp3) is 0.500. The average Bonchev–Trinajstić information content (AvgIpc) is 2.79. The zero-order valence-electron chi connectivity index (χ0n) is 17.3. The maximum atomic E-state index is 12.8. The molecule has 174 valence electrons. The van der Waals surface area contributed by atoms with Crippen LogP contribution in [0, 0.1) is 0 Å². The number of halogens is 3. The van der Waals surface area contributed by atoms with Crippen LogP contribution in [0.3, 0.4) is 0 Å². The molecule has 1 aromatic carbocycles. The molecule has 0 unspecified atom stereocenters. The van der Waals surface area contributed by atoms with E-state index in [9.17, 15) is 21.6 Å². The van der Waals surface area contributed by atoms with Crippen LogP contribution in [-0.4, -0.2) is 75.2 Å². The lowest BCUT2D eigenvalue weighted by molar-refractivity contribution is -0.137. The Bertz CT molecular complexity index is 1020. The van der Waals surface area contributed by atoms with Gasteiger partial charge in [-0.3, -0.25) is 0 Å². The van der Waals surface area contributed by atoms with Gasteiger partial charge in [-0.1, -0.05) is 12.1 Å². The van der Waals surface area contributed by atoms with E-state index in [4.69, 9.17) is 4.74 Å². The first kappa shape index (κ1) is 22.7. The first-order chi connectivity index (χ1) is 15.2. The van der Waals surface area contributed by atoms with Gasteiger partial charge in [0.15, 0.2) is 0 Å². The van der Waals surface area contributed by atoms with Crippen molar-refractivity contribution in [3.05, 3.63) is 47.7 Å². The van der Waals surface area contributed by atoms with Crippen LogP contribution >= 0.6 is 0 Å². The summed E-state index contributed by atoms with van der Waals surface area (Å²) >= 11 is 0. The Kier molecular flexibility index (Phi) is 6.54. The van der Waals surface area contributed by atoms with Gasteiger partial charge in [-0.2, -0.15) is 22.5 Å².